The van der Waals surface area contributed by atoms with Crippen LogP contribution >= 0.6 is 0 Å². The minimum atomic E-state index is -0.246. The van der Waals surface area contributed by atoms with E-state index in [1.807, 2.05) is 0 Å². The fourth-order valence-electron chi connectivity index (χ4n) is 1.98. The van der Waals surface area contributed by atoms with Gasteiger partial charge in [-0.3, -0.25) is 14.5 Å². The van der Waals surface area contributed by atoms with Crippen molar-refractivity contribution in [3.63, 3.8) is 0 Å². The molecule has 2 amide bonds. The Morgan fingerprint density at radius 3 is 2.73 bits per heavy atom. The molecule has 1 aliphatic carbocycles. The summed E-state index contributed by atoms with van der Waals surface area (Å²) in [5.74, 6) is 0.00935. The highest BCUT2D eigenvalue weighted by Crippen LogP contribution is 2.31. The number of carbonyl (C=O) groups is 2. The van der Waals surface area contributed by atoms with Gasteiger partial charge in [-0.2, -0.15) is 0 Å². The molecule has 1 atom stereocenters. The van der Waals surface area contributed by atoms with E-state index in [9.17, 15) is 9.59 Å². The molecule has 2 aliphatic rings. The smallest absolute Gasteiger partial charge is 0.247 e. The number of carbonyl (C=O) groups excluding carboxylic acids is 2. The van der Waals surface area contributed by atoms with Crippen molar-refractivity contribution in [2.24, 2.45) is 0 Å². The Bertz CT molecular complexity index is 274. The lowest BCUT2D eigenvalue weighted by Gasteiger charge is -2.14. The molecule has 0 bridgehead atoms. The van der Waals surface area contributed by atoms with E-state index in [4.69, 9.17) is 0 Å². The van der Waals surface area contributed by atoms with E-state index in [0.717, 1.165) is 32.2 Å². The highest BCUT2D eigenvalue weighted by molar-refractivity contribution is 6.06. The van der Waals surface area contributed by atoms with Crippen LogP contribution in [0.5, 0.6) is 0 Å². The third-order valence-electron chi connectivity index (χ3n) is 3.02. The highest BCUT2D eigenvalue weighted by Gasteiger charge is 2.45. The molecule has 0 aromatic heterocycles. The molecule has 4 heteroatoms. The Hall–Kier alpha value is -0.900. The number of rotatable bonds is 5. The van der Waals surface area contributed by atoms with Gasteiger partial charge in [-0.05, 0) is 25.8 Å². The average molecular weight is 210 g/mol. The molecule has 0 aromatic carbocycles. The summed E-state index contributed by atoms with van der Waals surface area (Å²) >= 11 is 0. The maximum absolute atomic E-state index is 11.8. The number of amides is 2. The van der Waals surface area contributed by atoms with Crippen LogP contribution in [0.1, 0.15) is 39.0 Å². The average Bonchev–Trinajstić information content (AvgIpc) is 2.97. The molecule has 0 spiro atoms. The summed E-state index contributed by atoms with van der Waals surface area (Å²) in [5.41, 5.74) is 0. The van der Waals surface area contributed by atoms with Gasteiger partial charge >= 0.3 is 0 Å². The molecule has 1 heterocycles. The number of likely N-dealkylation sites (tertiary alicyclic amines) is 1. The van der Waals surface area contributed by atoms with Crippen molar-refractivity contribution in [2.75, 3.05) is 6.54 Å². The first-order chi connectivity index (χ1) is 7.24. The van der Waals surface area contributed by atoms with Gasteiger partial charge in [0, 0.05) is 6.04 Å². The van der Waals surface area contributed by atoms with Gasteiger partial charge in [0.25, 0.3) is 0 Å². The molecule has 15 heavy (non-hydrogen) atoms. The number of hydrogen-bond acceptors (Lipinski definition) is 3. The molecule has 84 valence electrons. The molecule has 1 saturated heterocycles. The molecule has 2 fully saturated rings. The largest absolute Gasteiger partial charge is 0.305 e. The van der Waals surface area contributed by atoms with Crippen LogP contribution in [0.15, 0.2) is 0 Å². The molecule has 1 N–H and O–H groups in total. The molecule has 0 aromatic rings. The van der Waals surface area contributed by atoms with Crippen LogP contribution in [-0.2, 0) is 9.59 Å². The van der Waals surface area contributed by atoms with Crippen LogP contribution in [0.4, 0.5) is 0 Å². The zero-order valence-electron chi connectivity index (χ0n) is 9.16. The van der Waals surface area contributed by atoms with Gasteiger partial charge in [0.15, 0.2) is 0 Å². The first-order valence-electron chi connectivity index (χ1n) is 5.83. The number of imide groups is 1. The Morgan fingerprint density at radius 1 is 1.40 bits per heavy atom. The summed E-state index contributed by atoms with van der Waals surface area (Å²) in [4.78, 5) is 24.9. The van der Waals surface area contributed by atoms with Crippen LogP contribution in [0.25, 0.3) is 0 Å². The molecular weight excluding hydrogens is 192 g/mol. The molecule has 2 rings (SSSR count). The van der Waals surface area contributed by atoms with Crippen LogP contribution in [-0.4, -0.2) is 35.3 Å². The van der Waals surface area contributed by atoms with E-state index in [-0.39, 0.29) is 23.9 Å². The molecule has 1 saturated carbocycles. The van der Waals surface area contributed by atoms with Gasteiger partial charge in [-0.1, -0.05) is 13.3 Å². The normalized spacial score (nSPS) is 26.5. The van der Waals surface area contributed by atoms with Crippen molar-refractivity contribution in [1.82, 2.24) is 10.2 Å². The van der Waals surface area contributed by atoms with Gasteiger partial charge in [0.05, 0.1) is 12.5 Å². The van der Waals surface area contributed by atoms with Crippen molar-refractivity contribution in [2.45, 2.75) is 51.1 Å². The molecule has 4 nitrogen and oxygen atoms in total. The topological polar surface area (TPSA) is 49.4 Å². The molecule has 1 unspecified atom stereocenters. The Balaban J connectivity index is 1.87. The van der Waals surface area contributed by atoms with Gasteiger partial charge < -0.3 is 5.32 Å². The van der Waals surface area contributed by atoms with Gasteiger partial charge in [-0.25, -0.2) is 0 Å². The first-order valence-corrected chi connectivity index (χ1v) is 5.83. The summed E-state index contributed by atoms with van der Waals surface area (Å²) in [7, 11) is 0. The molecule has 1 aliphatic heterocycles. The summed E-state index contributed by atoms with van der Waals surface area (Å²) in [5, 5.41) is 3.16. The lowest BCUT2D eigenvalue weighted by Crippen LogP contribution is -2.40. The molecule has 0 radical (unpaired) electrons. The summed E-state index contributed by atoms with van der Waals surface area (Å²) in [6.45, 7) is 2.94. The highest BCUT2D eigenvalue weighted by atomic mass is 16.2. The van der Waals surface area contributed by atoms with Crippen molar-refractivity contribution in [3.8, 4) is 0 Å². The van der Waals surface area contributed by atoms with Gasteiger partial charge in [-0.15, -0.1) is 0 Å². The van der Waals surface area contributed by atoms with E-state index in [1.165, 1.54) is 4.90 Å². The van der Waals surface area contributed by atoms with Crippen LogP contribution in [0.2, 0.25) is 0 Å². The minimum absolute atomic E-state index is 0.00129. The van der Waals surface area contributed by atoms with Crippen molar-refractivity contribution in [3.05, 3.63) is 0 Å². The quantitative estimate of drug-likeness (QED) is 0.536. The maximum atomic E-state index is 11.8. The molecular formula is C11H18N2O2. The number of nitrogens with one attached hydrogen (secondary N) is 1. The summed E-state index contributed by atoms with van der Waals surface area (Å²) < 4.78 is 0. The predicted molar refractivity (Wildman–Crippen MR) is 56.2 cm³/mol. The fraction of sp³-hybridized carbons (Fsp3) is 0.818. The van der Waals surface area contributed by atoms with Crippen LogP contribution < -0.4 is 5.32 Å². The second kappa shape index (κ2) is 4.31. The Morgan fingerprint density at radius 2 is 2.13 bits per heavy atom. The minimum Gasteiger partial charge on any atom is -0.305 e. The van der Waals surface area contributed by atoms with Gasteiger partial charge in [0.2, 0.25) is 11.8 Å². The lowest BCUT2D eigenvalue weighted by molar-refractivity contribution is -0.139. The zero-order chi connectivity index (χ0) is 10.8. The number of unbranched alkanes of at least 4 members (excludes halogenated alkanes) is 1. The standard InChI is InChI=1S/C11H18N2O2/c1-2-3-6-12-9-7-10(14)13(11(9)15)8-4-5-8/h8-9,12H,2-7H2,1H3. The van der Waals surface area contributed by atoms with E-state index in [1.54, 1.807) is 0 Å². The second-order valence-corrected chi connectivity index (χ2v) is 4.40. The zero-order valence-corrected chi connectivity index (χ0v) is 9.16. The Kier molecular flexibility index (Phi) is 3.05. The van der Waals surface area contributed by atoms with Crippen molar-refractivity contribution in [1.29, 1.82) is 0 Å². The van der Waals surface area contributed by atoms with Crippen molar-refractivity contribution >= 4 is 11.8 Å². The SMILES string of the molecule is CCCCNC1CC(=O)N(C2CC2)C1=O. The van der Waals surface area contributed by atoms with Crippen LogP contribution in [0.3, 0.4) is 0 Å². The van der Waals surface area contributed by atoms with E-state index in [2.05, 4.69) is 12.2 Å². The van der Waals surface area contributed by atoms with E-state index >= 15 is 0 Å². The number of nitrogens with zero attached hydrogens (tertiary/aromatic N) is 1. The van der Waals surface area contributed by atoms with Crippen molar-refractivity contribution < 1.29 is 9.59 Å². The van der Waals surface area contributed by atoms with E-state index < -0.39 is 0 Å². The first kappa shape index (κ1) is 10.6. The monoisotopic (exact) mass is 210 g/mol. The lowest BCUT2D eigenvalue weighted by atomic mass is 10.2. The van der Waals surface area contributed by atoms with E-state index in [0.29, 0.717) is 6.42 Å². The predicted octanol–water partition coefficient (Wildman–Crippen LogP) is 0.666. The van der Waals surface area contributed by atoms with Crippen LogP contribution in [0, 0.1) is 0 Å². The summed E-state index contributed by atoms with van der Waals surface area (Å²) in [6.07, 6.45) is 4.52. The third kappa shape index (κ3) is 2.20. The fourth-order valence-corrected chi connectivity index (χ4v) is 1.98. The van der Waals surface area contributed by atoms with Gasteiger partial charge in [0.1, 0.15) is 0 Å². The Labute approximate surface area is 90.0 Å². The third-order valence-corrected chi connectivity index (χ3v) is 3.02. The summed E-state index contributed by atoms with van der Waals surface area (Å²) in [6, 6.07) is -0.0207. The number of hydrogen-bond donors (Lipinski definition) is 1. The maximum Gasteiger partial charge on any atom is 0.247 e. The second-order valence-electron chi connectivity index (χ2n) is 4.40.